The monoisotopic (exact) mass is 170 g/mol. The van der Waals surface area contributed by atoms with Crippen LogP contribution in [0.1, 0.15) is 6.42 Å². The number of nitrogens with one attached hydrogen (secondary N) is 1. The van der Waals surface area contributed by atoms with Crippen molar-refractivity contribution in [2.45, 2.75) is 6.42 Å². The van der Waals surface area contributed by atoms with Crippen molar-refractivity contribution in [2.24, 2.45) is 0 Å². The van der Waals surface area contributed by atoms with E-state index in [1.54, 1.807) is 5.01 Å². The predicted octanol–water partition coefficient (Wildman–Crippen LogP) is -1.60. The molecule has 0 bridgehead atoms. The third-order valence-corrected chi connectivity index (χ3v) is 2.27. The first-order chi connectivity index (χ1) is 3.89. The Kier molecular flexibility index (Phi) is 8.01. The maximum absolute atomic E-state index is 7.23. The van der Waals surface area contributed by atoms with Crippen molar-refractivity contribution in [1.82, 2.24) is 5.01 Å². The van der Waals surface area contributed by atoms with Gasteiger partial charge in [-0.15, -0.1) is 0 Å². The fourth-order valence-corrected chi connectivity index (χ4v) is 1.63. The van der Waals surface area contributed by atoms with E-state index in [9.17, 15) is 0 Å². The first kappa shape index (κ1) is 10.9. The third kappa shape index (κ3) is 5.21. The first-order valence-corrected chi connectivity index (χ1v) is 4.09. The second-order valence-electron chi connectivity index (χ2n) is 1.95. The molecule has 1 aliphatic rings. The van der Waals surface area contributed by atoms with Gasteiger partial charge in [-0.25, -0.2) is 0 Å². The number of hydrogen-bond acceptors (Lipinski definition) is 2. The Balaban J connectivity index is 0.000000640. The Hall–Kier alpha value is 1.91. The van der Waals surface area contributed by atoms with Gasteiger partial charge in [0.1, 0.15) is 0 Å². The van der Waals surface area contributed by atoms with Gasteiger partial charge in [0.25, 0.3) is 0 Å². The minimum Gasteiger partial charge on any atom is -0.610 e. The van der Waals surface area contributed by atoms with E-state index in [-0.39, 0.29) is 51.4 Å². The van der Waals surface area contributed by atoms with Crippen LogP contribution < -0.4 is 51.4 Å². The summed E-state index contributed by atoms with van der Waals surface area (Å²) in [5, 5.41) is 1.65. The first-order valence-electron chi connectivity index (χ1n) is 2.93. The summed E-state index contributed by atoms with van der Waals surface area (Å²) >= 11 is 1.96. The molecule has 0 spiro atoms. The van der Waals surface area contributed by atoms with E-state index in [1.165, 1.54) is 12.2 Å². The molecule has 0 amide bonds. The average molecular weight is 170 g/mol. The van der Waals surface area contributed by atoms with Gasteiger partial charge < -0.3 is 10.9 Å². The van der Waals surface area contributed by atoms with E-state index in [2.05, 4.69) is 0 Å². The molecule has 4 heteroatoms. The number of nitrogens with zero attached hydrogens (tertiary/aromatic N) is 1. The maximum Gasteiger partial charge on any atom is 1.00 e. The van der Waals surface area contributed by atoms with Crippen LogP contribution in [0.2, 0.25) is 0 Å². The second-order valence-corrected chi connectivity index (χ2v) is 3.18. The van der Waals surface area contributed by atoms with Crippen LogP contribution in [0.3, 0.4) is 0 Å². The van der Waals surface area contributed by atoms with Gasteiger partial charge in [-0.05, 0) is 25.3 Å². The standard InChI is InChI=1S/C5H11N2S.K/c6-7-2-1-4-8-5-3-7;/h6H,1-5H2;/q-1;+1. The van der Waals surface area contributed by atoms with Gasteiger partial charge in [0.2, 0.25) is 0 Å². The Morgan fingerprint density at radius 3 is 2.78 bits per heavy atom. The molecule has 0 aliphatic carbocycles. The van der Waals surface area contributed by atoms with Crippen LogP contribution in [0.4, 0.5) is 0 Å². The molecule has 1 heterocycles. The molecule has 0 aromatic heterocycles. The molecular weight excluding hydrogens is 159 g/mol. The van der Waals surface area contributed by atoms with Crippen molar-refractivity contribution in [3.63, 3.8) is 0 Å². The summed E-state index contributed by atoms with van der Waals surface area (Å²) in [6, 6.07) is 0. The predicted molar refractivity (Wildman–Crippen MR) is 37.8 cm³/mol. The van der Waals surface area contributed by atoms with E-state index in [0.717, 1.165) is 18.8 Å². The fourth-order valence-electron chi connectivity index (χ4n) is 0.746. The van der Waals surface area contributed by atoms with E-state index < -0.39 is 0 Å². The van der Waals surface area contributed by atoms with E-state index in [0.29, 0.717) is 0 Å². The second kappa shape index (κ2) is 6.61. The van der Waals surface area contributed by atoms with Gasteiger partial charge in [0.05, 0.1) is 0 Å². The minimum absolute atomic E-state index is 0. The largest absolute Gasteiger partial charge is 1.00 e. The quantitative estimate of drug-likeness (QED) is 0.409. The molecule has 1 N–H and O–H groups in total. The van der Waals surface area contributed by atoms with Crippen LogP contribution in [-0.2, 0) is 0 Å². The Bertz CT molecular complexity index is 64.0. The van der Waals surface area contributed by atoms with Crippen LogP contribution in [0.5, 0.6) is 0 Å². The summed E-state index contributed by atoms with van der Waals surface area (Å²) in [6.45, 7) is 1.91. The molecule has 2 nitrogen and oxygen atoms in total. The zero-order valence-corrected chi connectivity index (χ0v) is 9.83. The van der Waals surface area contributed by atoms with E-state index >= 15 is 0 Å². The number of thioether (sulfide) groups is 1. The van der Waals surface area contributed by atoms with Gasteiger partial charge in [-0.3, -0.25) is 0 Å². The van der Waals surface area contributed by atoms with Crippen LogP contribution >= 0.6 is 11.8 Å². The molecule has 0 radical (unpaired) electrons. The summed E-state index contributed by atoms with van der Waals surface area (Å²) < 4.78 is 0. The summed E-state index contributed by atoms with van der Waals surface area (Å²) in [7, 11) is 0. The molecular formula is C5H11KN2S. The zero-order chi connectivity index (χ0) is 5.82. The van der Waals surface area contributed by atoms with Crippen LogP contribution in [0.15, 0.2) is 0 Å². The Morgan fingerprint density at radius 2 is 2.00 bits per heavy atom. The van der Waals surface area contributed by atoms with Crippen molar-refractivity contribution < 1.29 is 51.4 Å². The van der Waals surface area contributed by atoms with Gasteiger partial charge in [-0.2, -0.15) is 11.8 Å². The summed E-state index contributed by atoms with van der Waals surface area (Å²) in [4.78, 5) is 0. The van der Waals surface area contributed by atoms with Crippen molar-refractivity contribution in [1.29, 1.82) is 0 Å². The maximum atomic E-state index is 7.23. The summed E-state index contributed by atoms with van der Waals surface area (Å²) in [6.07, 6.45) is 1.19. The normalized spacial score (nSPS) is 22.3. The fraction of sp³-hybridized carbons (Fsp3) is 1.00. The zero-order valence-electron chi connectivity index (χ0n) is 5.89. The summed E-state index contributed by atoms with van der Waals surface area (Å²) in [5.41, 5.74) is 0. The van der Waals surface area contributed by atoms with Gasteiger partial charge >= 0.3 is 51.4 Å². The number of rotatable bonds is 0. The SMILES string of the molecule is [K+].[NH-]N1CCCSCC1. The molecule has 1 rings (SSSR count). The van der Waals surface area contributed by atoms with E-state index in [1.807, 2.05) is 11.8 Å². The topological polar surface area (TPSA) is 27.0 Å². The van der Waals surface area contributed by atoms with Crippen molar-refractivity contribution in [2.75, 3.05) is 24.6 Å². The van der Waals surface area contributed by atoms with Gasteiger partial charge in [0.15, 0.2) is 0 Å². The molecule has 0 unspecified atom stereocenters. The molecule has 1 saturated heterocycles. The molecule has 48 valence electrons. The van der Waals surface area contributed by atoms with Gasteiger partial charge in [-0.1, -0.05) is 0 Å². The molecule has 0 atom stereocenters. The average Bonchev–Trinajstić information content (AvgIpc) is 1.94. The molecule has 0 aromatic carbocycles. The smallest absolute Gasteiger partial charge is 0.610 e. The molecule has 0 saturated carbocycles. The molecule has 0 aromatic rings. The van der Waals surface area contributed by atoms with Crippen LogP contribution in [-0.4, -0.2) is 29.6 Å². The number of hydrogen-bond donors (Lipinski definition) is 0. The van der Waals surface area contributed by atoms with Crippen LogP contribution in [0, 0.1) is 0 Å². The van der Waals surface area contributed by atoms with Crippen LogP contribution in [0.25, 0.3) is 5.84 Å². The van der Waals surface area contributed by atoms with Crippen molar-refractivity contribution in [3.8, 4) is 0 Å². The Labute approximate surface area is 103 Å². The molecule has 9 heavy (non-hydrogen) atoms. The molecule has 1 aliphatic heterocycles. The third-order valence-electron chi connectivity index (χ3n) is 1.22. The molecule has 1 fully saturated rings. The van der Waals surface area contributed by atoms with E-state index in [4.69, 9.17) is 5.84 Å². The van der Waals surface area contributed by atoms with Gasteiger partial charge in [0, 0.05) is 5.75 Å². The van der Waals surface area contributed by atoms with Crippen molar-refractivity contribution >= 4 is 11.8 Å². The Morgan fingerprint density at radius 1 is 1.22 bits per heavy atom. The summed E-state index contributed by atoms with van der Waals surface area (Å²) in [5.74, 6) is 9.62. The van der Waals surface area contributed by atoms with Crippen molar-refractivity contribution in [3.05, 3.63) is 5.84 Å². The minimum atomic E-state index is 0.